The molecule has 0 amide bonds. The van der Waals surface area contributed by atoms with Gasteiger partial charge in [0, 0.05) is 17.3 Å². The summed E-state index contributed by atoms with van der Waals surface area (Å²) in [5.41, 5.74) is 5.02. The van der Waals surface area contributed by atoms with Crippen LogP contribution >= 0.6 is 0 Å². The summed E-state index contributed by atoms with van der Waals surface area (Å²) in [5, 5.41) is 0. The lowest BCUT2D eigenvalue weighted by molar-refractivity contribution is 0.0469. The van der Waals surface area contributed by atoms with E-state index in [1.54, 1.807) is 6.07 Å². The van der Waals surface area contributed by atoms with Crippen molar-refractivity contribution in [2.75, 3.05) is 5.73 Å². The van der Waals surface area contributed by atoms with E-state index in [0.29, 0.717) is 12.1 Å². The second-order valence-electron chi connectivity index (χ2n) is 4.02. The molecule has 0 aliphatic rings. The minimum atomic E-state index is -1.21. The number of carbonyl (C=O) groups excluding carboxylic acids is 1. The molecule has 2 aromatic carbocycles. The van der Waals surface area contributed by atoms with Crippen molar-refractivity contribution in [3.05, 3.63) is 65.0 Å². The number of anilines is 1. The van der Waals surface area contributed by atoms with Gasteiger partial charge in [-0.15, -0.1) is 0 Å². The lowest BCUT2D eigenvalue weighted by atomic mass is 10.1. The van der Waals surface area contributed by atoms with E-state index in [1.165, 1.54) is 18.2 Å². The van der Waals surface area contributed by atoms with Crippen LogP contribution in [0.4, 0.5) is 18.9 Å². The van der Waals surface area contributed by atoms with Gasteiger partial charge < -0.3 is 10.5 Å². The van der Waals surface area contributed by atoms with Crippen molar-refractivity contribution in [2.45, 2.75) is 6.61 Å². The number of ether oxygens (including phenoxy) is 1. The van der Waals surface area contributed by atoms with Crippen LogP contribution in [0.5, 0.6) is 0 Å². The number of benzene rings is 2. The van der Waals surface area contributed by atoms with Crippen LogP contribution in [-0.4, -0.2) is 5.97 Å². The Balaban J connectivity index is 2.13. The number of carbonyl (C=O) groups is 1. The van der Waals surface area contributed by atoms with Crippen LogP contribution in [0.3, 0.4) is 0 Å². The Hall–Kier alpha value is -2.50. The summed E-state index contributed by atoms with van der Waals surface area (Å²) in [6.45, 7) is -0.329. The van der Waals surface area contributed by atoms with Crippen LogP contribution in [-0.2, 0) is 11.3 Å². The molecule has 0 fully saturated rings. The summed E-state index contributed by atoms with van der Waals surface area (Å²) in [6.07, 6.45) is 0. The van der Waals surface area contributed by atoms with Gasteiger partial charge in [-0.25, -0.2) is 18.0 Å². The van der Waals surface area contributed by atoms with Crippen LogP contribution < -0.4 is 5.73 Å². The summed E-state index contributed by atoms with van der Waals surface area (Å²) in [4.78, 5) is 11.7. The van der Waals surface area contributed by atoms with Crippen molar-refractivity contribution in [1.29, 1.82) is 0 Å². The fraction of sp³-hybridized carbons (Fsp3) is 0.0714. The summed E-state index contributed by atoms with van der Waals surface area (Å²) in [6, 6.07) is 7.07. The fourth-order valence-corrected chi connectivity index (χ4v) is 1.58. The standard InChI is InChI=1S/C14H10F3NO2/c15-10-4-2-1-3-8(10)7-20-14(19)9-5-11(16)12(17)6-13(9)18/h1-6H,7,18H2. The molecule has 0 unspecified atom stereocenters. The van der Waals surface area contributed by atoms with E-state index in [9.17, 15) is 18.0 Å². The minimum Gasteiger partial charge on any atom is -0.457 e. The van der Waals surface area contributed by atoms with Crippen molar-refractivity contribution >= 4 is 11.7 Å². The Morgan fingerprint density at radius 2 is 1.70 bits per heavy atom. The first-order valence-corrected chi connectivity index (χ1v) is 5.64. The highest BCUT2D eigenvalue weighted by atomic mass is 19.2. The molecule has 2 N–H and O–H groups in total. The summed E-state index contributed by atoms with van der Waals surface area (Å²) < 4.78 is 44.1. The highest BCUT2D eigenvalue weighted by Gasteiger charge is 2.16. The third-order valence-electron chi connectivity index (χ3n) is 2.63. The van der Waals surface area contributed by atoms with Crippen molar-refractivity contribution in [3.8, 4) is 0 Å². The molecule has 0 aromatic heterocycles. The third kappa shape index (κ3) is 2.90. The van der Waals surface area contributed by atoms with E-state index in [1.807, 2.05) is 0 Å². The van der Waals surface area contributed by atoms with E-state index in [2.05, 4.69) is 0 Å². The Morgan fingerprint density at radius 1 is 1.05 bits per heavy atom. The molecule has 0 spiro atoms. The van der Waals surface area contributed by atoms with E-state index < -0.39 is 23.4 Å². The molecule has 2 rings (SSSR count). The molecule has 0 saturated carbocycles. The van der Waals surface area contributed by atoms with Crippen LogP contribution in [0, 0.1) is 17.5 Å². The van der Waals surface area contributed by atoms with E-state index in [-0.39, 0.29) is 23.4 Å². The lowest BCUT2D eigenvalue weighted by Gasteiger charge is -2.08. The van der Waals surface area contributed by atoms with Crippen molar-refractivity contribution in [1.82, 2.24) is 0 Å². The second-order valence-corrected chi connectivity index (χ2v) is 4.02. The zero-order chi connectivity index (χ0) is 14.7. The molecule has 2 aromatic rings. The first kappa shape index (κ1) is 13.9. The molecule has 0 aliphatic carbocycles. The molecule has 0 bridgehead atoms. The quantitative estimate of drug-likeness (QED) is 0.695. The predicted octanol–water partition coefficient (Wildman–Crippen LogP) is 3.04. The number of nitrogens with two attached hydrogens (primary N) is 1. The molecule has 0 heterocycles. The maximum absolute atomic E-state index is 13.3. The zero-order valence-corrected chi connectivity index (χ0v) is 10.2. The van der Waals surface area contributed by atoms with Crippen molar-refractivity contribution in [2.24, 2.45) is 0 Å². The minimum absolute atomic E-state index is 0.169. The first-order chi connectivity index (χ1) is 9.49. The highest BCUT2D eigenvalue weighted by molar-refractivity contribution is 5.95. The Kier molecular flexibility index (Phi) is 3.93. The fourth-order valence-electron chi connectivity index (χ4n) is 1.58. The normalized spacial score (nSPS) is 10.3. The van der Waals surface area contributed by atoms with Gasteiger partial charge in [-0.2, -0.15) is 0 Å². The van der Waals surface area contributed by atoms with E-state index >= 15 is 0 Å². The van der Waals surface area contributed by atoms with Crippen LogP contribution in [0.25, 0.3) is 0 Å². The zero-order valence-electron chi connectivity index (χ0n) is 10.2. The van der Waals surface area contributed by atoms with Gasteiger partial charge in [-0.05, 0) is 12.1 Å². The van der Waals surface area contributed by atoms with Gasteiger partial charge in [0.05, 0.1) is 5.56 Å². The topological polar surface area (TPSA) is 52.3 Å². The van der Waals surface area contributed by atoms with Gasteiger partial charge in [0.2, 0.25) is 0 Å². The van der Waals surface area contributed by atoms with Crippen LogP contribution in [0.15, 0.2) is 36.4 Å². The van der Waals surface area contributed by atoms with Gasteiger partial charge in [0.25, 0.3) is 0 Å². The SMILES string of the molecule is Nc1cc(F)c(F)cc1C(=O)OCc1ccccc1F. The van der Waals surface area contributed by atoms with Crippen LogP contribution in [0.1, 0.15) is 15.9 Å². The van der Waals surface area contributed by atoms with Gasteiger partial charge in [-0.3, -0.25) is 0 Å². The van der Waals surface area contributed by atoms with Gasteiger partial charge >= 0.3 is 5.97 Å². The molecule has 0 saturated heterocycles. The summed E-state index contributed by atoms with van der Waals surface area (Å²) in [5.74, 6) is -3.85. The molecule has 104 valence electrons. The van der Waals surface area contributed by atoms with Crippen molar-refractivity contribution in [3.63, 3.8) is 0 Å². The molecule has 0 atom stereocenters. The first-order valence-electron chi connectivity index (χ1n) is 5.64. The predicted molar refractivity (Wildman–Crippen MR) is 66.3 cm³/mol. The molecular weight excluding hydrogens is 271 g/mol. The molecule has 3 nitrogen and oxygen atoms in total. The van der Waals surface area contributed by atoms with Crippen molar-refractivity contribution < 1.29 is 22.7 Å². The molecular formula is C14H10F3NO2. The average molecular weight is 281 g/mol. The number of hydrogen-bond acceptors (Lipinski definition) is 3. The number of halogens is 3. The van der Waals surface area contributed by atoms with E-state index in [0.717, 1.165) is 0 Å². The second kappa shape index (κ2) is 5.64. The largest absolute Gasteiger partial charge is 0.457 e. The van der Waals surface area contributed by atoms with Gasteiger partial charge in [-0.1, -0.05) is 18.2 Å². The molecule has 6 heteroatoms. The number of rotatable bonds is 3. The Bertz CT molecular complexity index is 659. The number of hydrogen-bond donors (Lipinski definition) is 1. The average Bonchev–Trinajstić information content (AvgIpc) is 2.41. The molecule has 0 radical (unpaired) electrons. The van der Waals surface area contributed by atoms with Crippen LogP contribution in [0.2, 0.25) is 0 Å². The Labute approximate surface area is 112 Å². The summed E-state index contributed by atoms with van der Waals surface area (Å²) in [7, 11) is 0. The summed E-state index contributed by atoms with van der Waals surface area (Å²) >= 11 is 0. The molecule has 0 aliphatic heterocycles. The van der Waals surface area contributed by atoms with Gasteiger partial charge in [0.1, 0.15) is 12.4 Å². The smallest absolute Gasteiger partial charge is 0.340 e. The molecule has 20 heavy (non-hydrogen) atoms. The lowest BCUT2D eigenvalue weighted by Crippen LogP contribution is -2.10. The van der Waals surface area contributed by atoms with E-state index in [4.69, 9.17) is 10.5 Å². The number of nitrogen functional groups attached to an aromatic ring is 1. The maximum Gasteiger partial charge on any atom is 0.340 e. The Morgan fingerprint density at radius 3 is 2.40 bits per heavy atom. The third-order valence-corrected chi connectivity index (χ3v) is 2.63. The monoisotopic (exact) mass is 281 g/mol. The number of esters is 1. The highest BCUT2D eigenvalue weighted by Crippen LogP contribution is 2.19. The van der Waals surface area contributed by atoms with Gasteiger partial charge in [0.15, 0.2) is 11.6 Å². The maximum atomic E-state index is 13.3.